The molecule has 0 aliphatic heterocycles. The van der Waals surface area contributed by atoms with E-state index in [0.29, 0.717) is 6.54 Å². The van der Waals surface area contributed by atoms with Gasteiger partial charge in [-0.1, -0.05) is 41.5 Å². The summed E-state index contributed by atoms with van der Waals surface area (Å²) in [4.78, 5) is 23.4. The molecule has 0 saturated heterocycles. The van der Waals surface area contributed by atoms with Gasteiger partial charge in [-0.25, -0.2) is 9.08 Å². The zero-order valence-electron chi connectivity index (χ0n) is 15.0. The summed E-state index contributed by atoms with van der Waals surface area (Å²) in [5.41, 5.74) is -0.471. The molecule has 2 unspecified atom stereocenters. The summed E-state index contributed by atoms with van der Waals surface area (Å²) >= 11 is 1.25. The van der Waals surface area contributed by atoms with Gasteiger partial charge in [-0.3, -0.25) is 0 Å². The molecule has 0 aliphatic rings. The number of carbonyl (C=O) groups excluding carboxylic acids is 2. The zero-order chi connectivity index (χ0) is 17.6. The summed E-state index contributed by atoms with van der Waals surface area (Å²) < 4.78 is 5.33. The number of nitrogens with one attached hydrogen (secondary N) is 2. The van der Waals surface area contributed by atoms with Crippen molar-refractivity contribution in [2.75, 3.05) is 19.8 Å². The van der Waals surface area contributed by atoms with Crippen LogP contribution >= 0.6 is 12.0 Å². The number of hydrogen-bond acceptors (Lipinski definition) is 5. The standard InChI is InChI=1S/C15H31N3O3S/c1-14(2,3)11(9-18(7)21-22-8)16-13(20)17-12(10-19)15(4,5)6/h10-12H,9H2,1-8H3,(H2,16,17,20). The van der Waals surface area contributed by atoms with Crippen molar-refractivity contribution in [2.45, 2.75) is 53.6 Å². The second kappa shape index (κ2) is 8.74. The third-order valence-electron chi connectivity index (χ3n) is 3.35. The first-order chi connectivity index (χ1) is 9.91. The topological polar surface area (TPSA) is 70.7 Å². The number of aldehydes is 1. The Kier molecular flexibility index (Phi) is 8.43. The first-order valence-electron chi connectivity index (χ1n) is 7.36. The van der Waals surface area contributed by atoms with Crippen LogP contribution in [-0.2, 0) is 9.08 Å². The summed E-state index contributed by atoms with van der Waals surface area (Å²) in [6.07, 6.45) is 2.61. The van der Waals surface area contributed by atoms with E-state index in [2.05, 4.69) is 10.6 Å². The average Bonchev–Trinajstić information content (AvgIpc) is 2.32. The van der Waals surface area contributed by atoms with E-state index < -0.39 is 6.04 Å². The minimum Gasteiger partial charge on any atom is -0.334 e. The SMILES string of the molecule is CSON(C)CC(NC(=O)NC(C=O)C(C)(C)C)C(C)(C)C. The maximum atomic E-state index is 12.2. The van der Waals surface area contributed by atoms with Crippen molar-refractivity contribution in [2.24, 2.45) is 10.8 Å². The molecule has 0 radical (unpaired) electrons. The molecule has 6 nitrogen and oxygen atoms in total. The largest absolute Gasteiger partial charge is 0.334 e. The number of carbonyl (C=O) groups is 2. The van der Waals surface area contributed by atoms with Crippen molar-refractivity contribution in [3.63, 3.8) is 0 Å². The van der Waals surface area contributed by atoms with E-state index >= 15 is 0 Å². The fraction of sp³-hybridized carbons (Fsp3) is 0.867. The van der Waals surface area contributed by atoms with Gasteiger partial charge in [-0.15, -0.1) is 0 Å². The van der Waals surface area contributed by atoms with Crippen LogP contribution < -0.4 is 10.6 Å². The highest BCUT2D eigenvalue weighted by molar-refractivity contribution is 7.93. The summed E-state index contributed by atoms with van der Waals surface area (Å²) in [5, 5.41) is 7.36. The molecule has 0 fully saturated rings. The number of nitrogens with zero attached hydrogens (tertiary/aromatic N) is 1. The second-order valence-corrected chi connectivity index (χ2v) is 8.05. The summed E-state index contributed by atoms with van der Waals surface area (Å²) in [5.74, 6) is 0. The second-order valence-electron chi connectivity index (χ2n) is 7.57. The minimum atomic E-state index is -0.534. The molecule has 2 amide bonds. The quantitative estimate of drug-likeness (QED) is 0.425. The van der Waals surface area contributed by atoms with E-state index in [1.54, 1.807) is 5.06 Å². The fourth-order valence-electron chi connectivity index (χ4n) is 1.75. The predicted molar refractivity (Wildman–Crippen MR) is 91.4 cm³/mol. The Morgan fingerprint density at radius 3 is 2.09 bits per heavy atom. The monoisotopic (exact) mass is 333 g/mol. The number of hydroxylamine groups is 2. The zero-order valence-corrected chi connectivity index (χ0v) is 15.8. The Labute approximate surface area is 138 Å². The Balaban J connectivity index is 4.79. The minimum absolute atomic E-state index is 0.128. The fourth-order valence-corrected chi connectivity index (χ4v) is 2.06. The molecular weight excluding hydrogens is 302 g/mol. The van der Waals surface area contributed by atoms with Crippen molar-refractivity contribution in [1.82, 2.24) is 15.7 Å². The summed E-state index contributed by atoms with van der Waals surface area (Å²) in [7, 11) is 1.82. The average molecular weight is 333 g/mol. The normalized spacial score (nSPS) is 15.3. The van der Waals surface area contributed by atoms with Crippen LogP contribution in [0.1, 0.15) is 41.5 Å². The molecule has 0 aromatic rings. The van der Waals surface area contributed by atoms with E-state index in [1.165, 1.54) is 12.0 Å². The highest BCUT2D eigenvalue weighted by Gasteiger charge is 2.30. The van der Waals surface area contributed by atoms with Crippen LogP contribution in [0.25, 0.3) is 0 Å². The Hall–Kier alpha value is -0.790. The molecule has 7 heteroatoms. The van der Waals surface area contributed by atoms with Gasteiger partial charge in [0.05, 0.1) is 12.1 Å². The van der Waals surface area contributed by atoms with Crippen molar-refractivity contribution in [1.29, 1.82) is 0 Å². The molecule has 0 rings (SSSR count). The molecule has 0 heterocycles. The van der Waals surface area contributed by atoms with Crippen molar-refractivity contribution < 1.29 is 13.9 Å². The van der Waals surface area contributed by atoms with Crippen molar-refractivity contribution in [3.05, 3.63) is 0 Å². The Bertz CT molecular complexity index is 364. The smallest absolute Gasteiger partial charge is 0.315 e. The van der Waals surface area contributed by atoms with Crippen LogP contribution in [0.15, 0.2) is 0 Å². The molecule has 130 valence electrons. The van der Waals surface area contributed by atoms with Crippen LogP contribution in [-0.4, -0.2) is 49.3 Å². The number of likely N-dealkylation sites (N-methyl/N-ethyl adjacent to an activating group) is 1. The lowest BCUT2D eigenvalue weighted by molar-refractivity contribution is -0.111. The molecule has 0 aliphatic carbocycles. The molecule has 0 bridgehead atoms. The first kappa shape index (κ1) is 21.2. The predicted octanol–water partition coefficient (Wildman–Crippen LogP) is 2.46. The highest BCUT2D eigenvalue weighted by atomic mass is 32.2. The van der Waals surface area contributed by atoms with Crippen molar-refractivity contribution in [3.8, 4) is 0 Å². The molecule has 22 heavy (non-hydrogen) atoms. The van der Waals surface area contributed by atoms with Crippen molar-refractivity contribution >= 4 is 24.4 Å². The summed E-state index contributed by atoms with van der Waals surface area (Å²) in [6.45, 7) is 12.4. The van der Waals surface area contributed by atoms with Crippen LogP contribution in [0.3, 0.4) is 0 Å². The lowest BCUT2D eigenvalue weighted by Crippen LogP contribution is -2.56. The van der Waals surface area contributed by atoms with E-state index in [0.717, 1.165) is 6.29 Å². The van der Waals surface area contributed by atoms with E-state index in [-0.39, 0.29) is 22.9 Å². The van der Waals surface area contributed by atoms with Crippen LogP contribution in [0.2, 0.25) is 0 Å². The number of amides is 2. The van der Waals surface area contributed by atoms with Crippen LogP contribution in [0.5, 0.6) is 0 Å². The third-order valence-corrected chi connectivity index (χ3v) is 3.75. The maximum Gasteiger partial charge on any atom is 0.315 e. The lowest BCUT2D eigenvalue weighted by atomic mass is 9.86. The van der Waals surface area contributed by atoms with Crippen LogP contribution in [0, 0.1) is 10.8 Å². The van der Waals surface area contributed by atoms with Gasteiger partial charge < -0.3 is 15.4 Å². The van der Waals surface area contributed by atoms with Gasteiger partial charge >= 0.3 is 6.03 Å². The van der Waals surface area contributed by atoms with E-state index in [1.807, 2.05) is 54.8 Å². The Morgan fingerprint density at radius 2 is 1.73 bits per heavy atom. The highest BCUT2D eigenvalue weighted by Crippen LogP contribution is 2.21. The molecule has 0 aromatic heterocycles. The molecule has 2 atom stereocenters. The number of hydrogen-bond donors (Lipinski definition) is 2. The molecule has 0 saturated carbocycles. The molecular formula is C15H31N3O3S. The van der Waals surface area contributed by atoms with E-state index in [9.17, 15) is 9.59 Å². The molecule has 0 aromatic carbocycles. The van der Waals surface area contributed by atoms with Gasteiger partial charge in [0.2, 0.25) is 0 Å². The van der Waals surface area contributed by atoms with Gasteiger partial charge in [-0.2, -0.15) is 5.06 Å². The maximum absolute atomic E-state index is 12.2. The first-order valence-corrected chi connectivity index (χ1v) is 8.51. The van der Waals surface area contributed by atoms with Crippen LogP contribution in [0.4, 0.5) is 4.79 Å². The van der Waals surface area contributed by atoms with Gasteiger partial charge in [0.15, 0.2) is 0 Å². The van der Waals surface area contributed by atoms with E-state index in [4.69, 9.17) is 4.28 Å². The molecule has 2 N–H and O–H groups in total. The lowest BCUT2D eigenvalue weighted by Gasteiger charge is -2.35. The Morgan fingerprint density at radius 1 is 1.18 bits per heavy atom. The summed E-state index contributed by atoms with van der Waals surface area (Å²) in [6, 6.07) is -1.00. The van der Waals surface area contributed by atoms with Gasteiger partial charge in [0, 0.05) is 31.9 Å². The van der Waals surface area contributed by atoms with Gasteiger partial charge in [0.1, 0.15) is 6.29 Å². The third kappa shape index (κ3) is 8.00. The number of urea groups is 1. The number of rotatable bonds is 7. The molecule has 0 spiro atoms. The van der Waals surface area contributed by atoms with Gasteiger partial charge in [-0.05, 0) is 10.8 Å². The van der Waals surface area contributed by atoms with Gasteiger partial charge in [0.25, 0.3) is 0 Å².